The minimum Gasteiger partial charge on any atom is -0.333 e. The molecule has 3 rings (SSSR count). The highest BCUT2D eigenvalue weighted by molar-refractivity contribution is 6.42. The van der Waals surface area contributed by atoms with Crippen molar-refractivity contribution in [3.8, 4) is 0 Å². The first kappa shape index (κ1) is 17.5. The van der Waals surface area contributed by atoms with E-state index in [1.165, 1.54) is 35.2 Å². The summed E-state index contributed by atoms with van der Waals surface area (Å²) in [4.78, 5) is 25.7. The second-order valence-electron chi connectivity index (χ2n) is 5.61. The van der Waals surface area contributed by atoms with Crippen LogP contribution in [0.2, 0.25) is 10.0 Å². The van der Waals surface area contributed by atoms with Crippen LogP contribution < -0.4 is 15.5 Å². The number of nitrogens with one attached hydrogen (secondary N) is 2. The summed E-state index contributed by atoms with van der Waals surface area (Å²) in [5, 5.41) is 6.11. The third-order valence-electron chi connectivity index (χ3n) is 3.78. The molecule has 0 aromatic heterocycles. The number of halogens is 3. The van der Waals surface area contributed by atoms with Crippen LogP contribution in [-0.2, 0) is 4.79 Å². The van der Waals surface area contributed by atoms with Gasteiger partial charge in [-0.15, -0.1) is 0 Å². The summed E-state index contributed by atoms with van der Waals surface area (Å²) in [6.07, 6.45) is 0.173. The van der Waals surface area contributed by atoms with Crippen molar-refractivity contribution in [3.63, 3.8) is 0 Å². The van der Waals surface area contributed by atoms with Crippen LogP contribution in [0.1, 0.15) is 6.42 Å². The van der Waals surface area contributed by atoms with Crippen LogP contribution in [0.15, 0.2) is 42.5 Å². The molecule has 0 bridgehead atoms. The fourth-order valence-electron chi connectivity index (χ4n) is 2.60. The van der Waals surface area contributed by atoms with Crippen molar-refractivity contribution in [1.29, 1.82) is 0 Å². The predicted octanol–water partition coefficient (Wildman–Crippen LogP) is 4.06. The van der Waals surface area contributed by atoms with Gasteiger partial charge < -0.3 is 15.5 Å². The van der Waals surface area contributed by atoms with E-state index < -0.39 is 6.03 Å². The van der Waals surface area contributed by atoms with E-state index in [9.17, 15) is 14.0 Å². The fourth-order valence-corrected chi connectivity index (χ4v) is 2.90. The van der Waals surface area contributed by atoms with Gasteiger partial charge in [0.1, 0.15) is 5.82 Å². The van der Waals surface area contributed by atoms with Crippen LogP contribution in [0.5, 0.6) is 0 Å². The quantitative estimate of drug-likeness (QED) is 0.841. The van der Waals surface area contributed by atoms with Crippen molar-refractivity contribution >= 4 is 46.5 Å². The minimum absolute atomic E-state index is 0.133. The summed E-state index contributed by atoms with van der Waals surface area (Å²) in [5.74, 6) is -0.502. The molecule has 130 valence electrons. The number of urea groups is 1. The van der Waals surface area contributed by atoms with Crippen molar-refractivity contribution in [3.05, 3.63) is 58.3 Å². The first-order valence-corrected chi connectivity index (χ1v) is 8.26. The number of carbonyl (C=O) groups is 2. The summed E-state index contributed by atoms with van der Waals surface area (Å²) >= 11 is 11.7. The third-order valence-corrected chi connectivity index (χ3v) is 4.52. The number of carbonyl (C=O) groups excluding carboxylic acids is 2. The molecule has 0 aliphatic carbocycles. The molecule has 25 heavy (non-hydrogen) atoms. The Balaban J connectivity index is 1.60. The van der Waals surface area contributed by atoms with Gasteiger partial charge in [-0.2, -0.15) is 0 Å². The van der Waals surface area contributed by atoms with Crippen molar-refractivity contribution in [2.24, 2.45) is 0 Å². The molecule has 5 nitrogen and oxygen atoms in total. The molecule has 0 spiro atoms. The first-order chi connectivity index (χ1) is 11.9. The van der Waals surface area contributed by atoms with Gasteiger partial charge in [-0.1, -0.05) is 23.2 Å². The molecule has 1 aliphatic rings. The smallest absolute Gasteiger partial charge is 0.319 e. The monoisotopic (exact) mass is 381 g/mol. The summed E-state index contributed by atoms with van der Waals surface area (Å²) in [6.45, 7) is 0.319. The van der Waals surface area contributed by atoms with E-state index in [-0.39, 0.29) is 24.2 Å². The van der Waals surface area contributed by atoms with E-state index in [1.54, 1.807) is 12.1 Å². The Labute approximate surface area is 153 Å². The highest BCUT2D eigenvalue weighted by Gasteiger charge is 2.31. The van der Waals surface area contributed by atoms with Crippen LogP contribution >= 0.6 is 23.2 Å². The van der Waals surface area contributed by atoms with Crippen LogP contribution in [0.25, 0.3) is 0 Å². The molecule has 0 saturated carbocycles. The van der Waals surface area contributed by atoms with Gasteiger partial charge >= 0.3 is 6.03 Å². The van der Waals surface area contributed by atoms with Gasteiger partial charge in [0.05, 0.1) is 16.1 Å². The number of hydrogen-bond acceptors (Lipinski definition) is 2. The van der Waals surface area contributed by atoms with E-state index in [2.05, 4.69) is 10.6 Å². The highest BCUT2D eigenvalue weighted by atomic mass is 35.5. The zero-order valence-corrected chi connectivity index (χ0v) is 14.4. The average Bonchev–Trinajstić information content (AvgIpc) is 2.92. The highest BCUT2D eigenvalue weighted by Crippen LogP contribution is 2.25. The SMILES string of the molecule is O=C(Nc1ccc(Cl)c(Cl)c1)N[C@H]1CC(=O)N(c2ccc(F)cc2)C1. The number of benzene rings is 2. The van der Waals surface area contributed by atoms with Gasteiger partial charge in [0.2, 0.25) is 5.91 Å². The number of hydrogen-bond donors (Lipinski definition) is 2. The summed E-state index contributed by atoms with van der Waals surface area (Å²) < 4.78 is 13.0. The molecule has 0 radical (unpaired) electrons. The third kappa shape index (κ3) is 4.21. The molecule has 1 heterocycles. The van der Waals surface area contributed by atoms with Gasteiger partial charge in [0.25, 0.3) is 0 Å². The maximum atomic E-state index is 13.0. The lowest BCUT2D eigenvalue weighted by Crippen LogP contribution is -2.39. The van der Waals surface area contributed by atoms with E-state index in [0.717, 1.165) is 0 Å². The Kier molecular flexibility index (Phi) is 5.11. The molecule has 1 saturated heterocycles. The number of rotatable bonds is 3. The first-order valence-electron chi connectivity index (χ1n) is 7.51. The average molecular weight is 382 g/mol. The Hall–Kier alpha value is -2.31. The van der Waals surface area contributed by atoms with Crippen molar-refractivity contribution < 1.29 is 14.0 Å². The predicted molar refractivity (Wildman–Crippen MR) is 95.8 cm³/mol. The van der Waals surface area contributed by atoms with Crippen LogP contribution in [0.4, 0.5) is 20.6 Å². The topological polar surface area (TPSA) is 61.4 Å². The Morgan fingerprint density at radius 3 is 2.52 bits per heavy atom. The van der Waals surface area contributed by atoms with Gasteiger partial charge in [0, 0.05) is 24.3 Å². The molecular weight excluding hydrogens is 368 g/mol. The second kappa shape index (κ2) is 7.29. The van der Waals surface area contributed by atoms with Gasteiger partial charge in [-0.25, -0.2) is 9.18 Å². The lowest BCUT2D eigenvalue weighted by Gasteiger charge is -2.17. The summed E-state index contributed by atoms with van der Waals surface area (Å²) in [5.41, 5.74) is 1.09. The molecular formula is C17H14Cl2FN3O2. The molecule has 8 heteroatoms. The second-order valence-corrected chi connectivity index (χ2v) is 6.42. The van der Waals surface area contributed by atoms with Crippen molar-refractivity contribution in [2.45, 2.75) is 12.5 Å². The molecule has 2 N–H and O–H groups in total. The fraction of sp³-hybridized carbons (Fsp3) is 0.176. The Bertz CT molecular complexity index is 814. The van der Waals surface area contributed by atoms with E-state index in [1.807, 2.05) is 0 Å². The molecule has 0 unspecified atom stereocenters. The lowest BCUT2D eigenvalue weighted by molar-refractivity contribution is -0.117. The zero-order valence-electron chi connectivity index (χ0n) is 12.9. The number of amides is 3. The normalized spacial score (nSPS) is 16.8. The molecule has 1 atom stereocenters. The molecule has 2 aromatic rings. The maximum Gasteiger partial charge on any atom is 0.319 e. The van der Waals surface area contributed by atoms with Crippen molar-refractivity contribution in [2.75, 3.05) is 16.8 Å². The molecule has 1 aliphatic heterocycles. The van der Waals surface area contributed by atoms with Crippen LogP contribution in [0, 0.1) is 5.82 Å². The molecule has 2 aromatic carbocycles. The van der Waals surface area contributed by atoms with E-state index in [4.69, 9.17) is 23.2 Å². The molecule has 3 amide bonds. The number of anilines is 2. The van der Waals surface area contributed by atoms with Gasteiger partial charge in [-0.3, -0.25) is 4.79 Å². The minimum atomic E-state index is -0.447. The lowest BCUT2D eigenvalue weighted by atomic mass is 10.2. The largest absolute Gasteiger partial charge is 0.333 e. The summed E-state index contributed by atoms with van der Waals surface area (Å²) in [7, 11) is 0. The van der Waals surface area contributed by atoms with Crippen LogP contribution in [-0.4, -0.2) is 24.5 Å². The van der Waals surface area contributed by atoms with E-state index >= 15 is 0 Å². The molecule has 1 fully saturated rings. The zero-order chi connectivity index (χ0) is 18.0. The summed E-state index contributed by atoms with van der Waals surface area (Å²) in [6, 6.07) is 9.59. The van der Waals surface area contributed by atoms with Gasteiger partial charge in [-0.05, 0) is 42.5 Å². The van der Waals surface area contributed by atoms with Gasteiger partial charge in [0.15, 0.2) is 0 Å². The van der Waals surface area contributed by atoms with E-state index in [0.29, 0.717) is 28.0 Å². The van der Waals surface area contributed by atoms with Crippen molar-refractivity contribution in [1.82, 2.24) is 5.32 Å². The Morgan fingerprint density at radius 2 is 1.84 bits per heavy atom. The van der Waals surface area contributed by atoms with Crippen LogP contribution in [0.3, 0.4) is 0 Å². The number of nitrogens with zero attached hydrogens (tertiary/aromatic N) is 1. The Morgan fingerprint density at radius 1 is 1.12 bits per heavy atom. The standard InChI is InChI=1S/C17H14Cl2FN3O2/c18-14-6-3-11(7-15(14)19)21-17(25)22-12-8-16(24)23(9-12)13-4-1-10(20)2-5-13/h1-7,12H,8-9H2,(H2,21,22,25)/t12-/m0/s1. The maximum absolute atomic E-state index is 13.0.